The lowest BCUT2D eigenvalue weighted by molar-refractivity contribution is 0.248. The van der Waals surface area contributed by atoms with E-state index in [2.05, 4.69) is 20.0 Å². The lowest BCUT2D eigenvalue weighted by Crippen LogP contribution is -2.27. The van der Waals surface area contributed by atoms with Crippen LogP contribution in [-0.2, 0) is 5.75 Å². The predicted molar refractivity (Wildman–Crippen MR) is 68.2 cm³/mol. The average molecular weight is 258 g/mol. The molecule has 0 radical (unpaired) electrons. The van der Waals surface area contributed by atoms with Crippen LogP contribution in [0.5, 0.6) is 0 Å². The molecule has 0 saturated heterocycles. The van der Waals surface area contributed by atoms with Crippen LogP contribution in [0, 0.1) is 0 Å². The lowest BCUT2D eigenvalue weighted by Gasteiger charge is -2.03. The first kappa shape index (κ1) is 13.1. The van der Waals surface area contributed by atoms with Gasteiger partial charge in [0.15, 0.2) is 0 Å². The Morgan fingerprint density at radius 2 is 2.31 bits per heavy atom. The fourth-order valence-corrected chi connectivity index (χ4v) is 2.49. The maximum atomic E-state index is 10.8. The Labute approximate surface area is 103 Å². The van der Waals surface area contributed by atoms with Gasteiger partial charge in [-0.2, -0.15) is 11.8 Å². The summed E-state index contributed by atoms with van der Waals surface area (Å²) in [5.74, 6) is 2.69. The van der Waals surface area contributed by atoms with E-state index in [1.54, 1.807) is 37.4 Å². The van der Waals surface area contributed by atoms with Crippen molar-refractivity contribution >= 4 is 29.7 Å². The summed E-state index contributed by atoms with van der Waals surface area (Å²) in [6.45, 7) is 0. The van der Waals surface area contributed by atoms with Crippen molar-refractivity contribution in [3.63, 3.8) is 0 Å². The molecular weight excluding hydrogens is 244 g/mol. The van der Waals surface area contributed by atoms with E-state index >= 15 is 0 Å². The fraction of sp³-hybridized carbons (Fsp3) is 0.444. The summed E-state index contributed by atoms with van der Waals surface area (Å²) in [5.41, 5.74) is 0.983. The molecule has 0 saturated carbocycles. The molecule has 1 aromatic rings. The van der Waals surface area contributed by atoms with Gasteiger partial charge in [-0.15, -0.1) is 0 Å². The van der Waals surface area contributed by atoms with Crippen molar-refractivity contribution in [3.8, 4) is 0 Å². The van der Waals surface area contributed by atoms with Crippen molar-refractivity contribution in [3.05, 3.63) is 24.3 Å². The molecule has 1 rings (SSSR count). The summed E-state index contributed by atoms with van der Waals surface area (Å²) in [6, 6.07) is -0.163. The number of carbonyl (C=O) groups is 1. The number of aromatic nitrogens is 2. The summed E-state index contributed by atoms with van der Waals surface area (Å²) in [4.78, 5) is 19.0. The number of thioether (sulfide) groups is 1. The molecule has 0 bridgehead atoms. The Hall–Kier alpha value is -0.950. The van der Waals surface area contributed by atoms with Crippen molar-refractivity contribution in [1.82, 2.24) is 20.0 Å². The molecule has 0 fully saturated rings. The highest BCUT2D eigenvalue weighted by Gasteiger charge is 1.97. The molecule has 0 aliphatic heterocycles. The topological polar surface area (TPSA) is 66.9 Å². The van der Waals surface area contributed by atoms with Gasteiger partial charge in [0.05, 0.1) is 5.69 Å². The molecule has 0 aliphatic rings. The smallest absolute Gasteiger partial charge is 0.324 e. The third-order valence-corrected chi connectivity index (χ3v) is 3.58. The van der Waals surface area contributed by atoms with E-state index < -0.39 is 0 Å². The van der Waals surface area contributed by atoms with E-state index in [0.717, 1.165) is 23.0 Å². The normalized spacial score (nSPS) is 9.81. The Balaban J connectivity index is 1.98. The quantitative estimate of drug-likeness (QED) is 0.594. The van der Waals surface area contributed by atoms with Crippen LogP contribution in [0.25, 0.3) is 0 Å². The number of urea groups is 1. The molecular formula is C9H14N4OS2. The van der Waals surface area contributed by atoms with Crippen molar-refractivity contribution < 1.29 is 4.79 Å². The van der Waals surface area contributed by atoms with E-state index in [0.29, 0.717) is 0 Å². The Morgan fingerprint density at radius 1 is 1.44 bits per heavy atom. The second-order valence-electron chi connectivity index (χ2n) is 2.78. The van der Waals surface area contributed by atoms with E-state index in [4.69, 9.17) is 0 Å². The van der Waals surface area contributed by atoms with Gasteiger partial charge in [-0.05, 0) is 11.9 Å². The van der Waals surface area contributed by atoms with Crippen LogP contribution in [0.1, 0.15) is 5.69 Å². The van der Waals surface area contributed by atoms with Gasteiger partial charge in [-0.25, -0.2) is 4.79 Å². The highest BCUT2D eigenvalue weighted by Crippen LogP contribution is 2.10. The highest BCUT2D eigenvalue weighted by atomic mass is 32.2. The average Bonchev–Trinajstić information content (AvgIpc) is 2.34. The second-order valence-corrected chi connectivity index (χ2v) is 4.79. The van der Waals surface area contributed by atoms with Gasteiger partial charge in [0.25, 0.3) is 0 Å². The number of amides is 2. The third-order valence-electron chi connectivity index (χ3n) is 1.59. The van der Waals surface area contributed by atoms with Crippen LogP contribution in [0.4, 0.5) is 4.79 Å². The molecule has 0 spiro atoms. The number of nitrogens with one attached hydrogen (secondary N) is 2. The summed E-state index contributed by atoms with van der Waals surface area (Å²) < 4.78 is 2.66. The van der Waals surface area contributed by atoms with Crippen LogP contribution >= 0.6 is 23.7 Å². The molecule has 0 atom stereocenters. The van der Waals surface area contributed by atoms with Crippen LogP contribution in [0.2, 0.25) is 0 Å². The SMILES string of the molecule is CNC(=O)NSCCSCc1cnccn1. The largest absolute Gasteiger partial charge is 0.341 e. The molecule has 0 aromatic carbocycles. The van der Waals surface area contributed by atoms with Crippen LogP contribution in [0.3, 0.4) is 0 Å². The van der Waals surface area contributed by atoms with E-state index in [1.165, 1.54) is 11.9 Å². The molecule has 2 N–H and O–H groups in total. The van der Waals surface area contributed by atoms with Gasteiger partial charge in [0.2, 0.25) is 0 Å². The second kappa shape index (κ2) is 8.23. The van der Waals surface area contributed by atoms with Gasteiger partial charge in [0.1, 0.15) is 0 Å². The Morgan fingerprint density at radius 3 is 3.00 bits per heavy atom. The summed E-state index contributed by atoms with van der Waals surface area (Å²) in [7, 11) is 1.60. The van der Waals surface area contributed by atoms with Crippen LogP contribution < -0.4 is 10.0 Å². The molecule has 5 nitrogen and oxygen atoms in total. The standard InChI is InChI=1S/C9H14N4OS2/c1-10-9(14)13-16-5-4-15-7-8-6-11-2-3-12-8/h2-3,6H,4-5,7H2,1H3,(H2,10,13,14). The molecule has 2 amide bonds. The summed E-state index contributed by atoms with van der Waals surface area (Å²) in [6.07, 6.45) is 5.12. The van der Waals surface area contributed by atoms with Gasteiger partial charge < -0.3 is 5.32 Å². The number of hydrogen-bond donors (Lipinski definition) is 2. The predicted octanol–water partition coefficient (Wildman–Crippen LogP) is 1.29. The van der Waals surface area contributed by atoms with Crippen molar-refractivity contribution in [1.29, 1.82) is 0 Å². The molecule has 88 valence electrons. The highest BCUT2D eigenvalue weighted by molar-refractivity contribution is 8.01. The lowest BCUT2D eigenvalue weighted by atomic mass is 10.5. The van der Waals surface area contributed by atoms with E-state index in [1.807, 2.05) is 0 Å². The van der Waals surface area contributed by atoms with Crippen molar-refractivity contribution in [2.75, 3.05) is 18.6 Å². The van der Waals surface area contributed by atoms with Crippen molar-refractivity contribution in [2.45, 2.75) is 5.75 Å². The zero-order chi connectivity index (χ0) is 11.6. The molecule has 0 unspecified atom stereocenters. The molecule has 1 heterocycles. The van der Waals surface area contributed by atoms with Crippen LogP contribution in [0.15, 0.2) is 18.6 Å². The molecule has 1 aromatic heterocycles. The number of nitrogens with zero attached hydrogens (tertiary/aromatic N) is 2. The maximum Gasteiger partial charge on any atom is 0.324 e. The monoisotopic (exact) mass is 258 g/mol. The minimum absolute atomic E-state index is 0.163. The molecule has 16 heavy (non-hydrogen) atoms. The summed E-state index contributed by atoms with van der Waals surface area (Å²) >= 11 is 3.17. The third kappa shape index (κ3) is 5.82. The minimum Gasteiger partial charge on any atom is -0.341 e. The zero-order valence-corrected chi connectivity index (χ0v) is 10.6. The minimum atomic E-state index is -0.163. The number of rotatable bonds is 6. The first-order chi connectivity index (χ1) is 7.83. The molecule has 7 heteroatoms. The maximum absolute atomic E-state index is 10.8. The van der Waals surface area contributed by atoms with Crippen molar-refractivity contribution in [2.24, 2.45) is 0 Å². The Kier molecular flexibility index (Phi) is 6.75. The van der Waals surface area contributed by atoms with E-state index in [-0.39, 0.29) is 6.03 Å². The molecule has 0 aliphatic carbocycles. The first-order valence-electron chi connectivity index (χ1n) is 4.75. The van der Waals surface area contributed by atoms with E-state index in [9.17, 15) is 4.79 Å². The Bertz CT molecular complexity index is 310. The summed E-state index contributed by atoms with van der Waals surface area (Å²) in [5, 5.41) is 2.49. The van der Waals surface area contributed by atoms with Crippen LogP contribution in [-0.4, -0.2) is 34.6 Å². The van der Waals surface area contributed by atoms with Gasteiger partial charge >= 0.3 is 6.03 Å². The first-order valence-corrected chi connectivity index (χ1v) is 6.89. The van der Waals surface area contributed by atoms with Gasteiger partial charge in [0, 0.05) is 42.9 Å². The fourth-order valence-electron chi connectivity index (χ4n) is 0.849. The number of hydrogen-bond acceptors (Lipinski definition) is 5. The number of carbonyl (C=O) groups excluding carboxylic acids is 1. The van der Waals surface area contributed by atoms with Gasteiger partial charge in [-0.3, -0.25) is 14.7 Å². The van der Waals surface area contributed by atoms with Gasteiger partial charge in [-0.1, -0.05) is 0 Å². The zero-order valence-electron chi connectivity index (χ0n) is 8.97.